The van der Waals surface area contributed by atoms with E-state index in [4.69, 9.17) is 10.5 Å². The van der Waals surface area contributed by atoms with Gasteiger partial charge in [-0.05, 0) is 44.9 Å². The van der Waals surface area contributed by atoms with E-state index in [0.29, 0.717) is 19.5 Å². The summed E-state index contributed by atoms with van der Waals surface area (Å²) in [6.07, 6.45) is -4.17. The maximum atomic E-state index is 12.6. The van der Waals surface area contributed by atoms with Crippen molar-refractivity contribution < 1.29 is 22.7 Å². The van der Waals surface area contributed by atoms with Gasteiger partial charge in [-0.2, -0.15) is 13.2 Å². The van der Waals surface area contributed by atoms with E-state index in [-0.39, 0.29) is 12.0 Å². The second-order valence-corrected chi connectivity index (χ2v) is 7.11. The van der Waals surface area contributed by atoms with E-state index in [1.807, 2.05) is 0 Å². The molecule has 1 fully saturated rings. The van der Waals surface area contributed by atoms with Crippen molar-refractivity contribution in [1.82, 2.24) is 4.90 Å². The number of hydrogen-bond donors (Lipinski definition) is 1. The molecule has 0 aliphatic carbocycles. The van der Waals surface area contributed by atoms with Gasteiger partial charge in [-0.25, -0.2) is 4.79 Å². The van der Waals surface area contributed by atoms with Crippen LogP contribution in [0.1, 0.15) is 44.2 Å². The Bertz CT molecular complexity index is 579. The molecular weight excluding hydrogens is 321 g/mol. The standard InChI is InChI=1S/C17H23F3N2O2/c1-16(2,3)24-15(23)22-9-8-13(14(21)10-22)11-4-6-12(7-5-11)17(18,19)20/h4-7,13-14H,8-10,21H2,1-3H3/t13-,14-/m0/s1. The van der Waals surface area contributed by atoms with E-state index < -0.39 is 23.4 Å². The topological polar surface area (TPSA) is 55.6 Å². The number of amides is 1. The molecule has 0 unspecified atom stereocenters. The summed E-state index contributed by atoms with van der Waals surface area (Å²) in [6.45, 7) is 6.16. The fraction of sp³-hybridized carbons (Fsp3) is 0.588. The third-order valence-electron chi connectivity index (χ3n) is 3.98. The summed E-state index contributed by atoms with van der Waals surface area (Å²) in [4.78, 5) is 13.6. The van der Waals surface area contributed by atoms with E-state index in [1.54, 1.807) is 25.7 Å². The van der Waals surface area contributed by atoms with Crippen molar-refractivity contribution in [2.75, 3.05) is 13.1 Å². The van der Waals surface area contributed by atoms with Crippen molar-refractivity contribution in [3.05, 3.63) is 35.4 Å². The molecule has 1 aromatic rings. The van der Waals surface area contributed by atoms with Crippen LogP contribution in [0, 0.1) is 0 Å². The SMILES string of the molecule is CC(C)(C)OC(=O)N1CC[C@@H](c2ccc(C(F)(F)F)cc2)[C@@H](N)C1. The van der Waals surface area contributed by atoms with Crippen LogP contribution in [0.4, 0.5) is 18.0 Å². The highest BCUT2D eigenvalue weighted by atomic mass is 19.4. The average molecular weight is 344 g/mol. The summed E-state index contributed by atoms with van der Waals surface area (Å²) < 4.78 is 43.2. The highest BCUT2D eigenvalue weighted by molar-refractivity contribution is 5.68. The van der Waals surface area contributed by atoms with Gasteiger partial charge < -0.3 is 15.4 Å². The molecule has 1 amide bonds. The van der Waals surface area contributed by atoms with Crippen LogP contribution in [0.25, 0.3) is 0 Å². The first-order valence-electron chi connectivity index (χ1n) is 7.88. The van der Waals surface area contributed by atoms with Crippen molar-refractivity contribution in [2.24, 2.45) is 5.73 Å². The summed E-state index contributed by atoms with van der Waals surface area (Å²) >= 11 is 0. The number of ether oxygens (including phenoxy) is 1. The molecule has 0 radical (unpaired) electrons. The number of carbonyl (C=O) groups is 1. The van der Waals surface area contributed by atoms with Gasteiger partial charge in [0.1, 0.15) is 5.60 Å². The number of hydrogen-bond acceptors (Lipinski definition) is 3. The molecule has 1 heterocycles. The maximum Gasteiger partial charge on any atom is 0.416 e. The Balaban J connectivity index is 2.02. The van der Waals surface area contributed by atoms with E-state index in [9.17, 15) is 18.0 Å². The van der Waals surface area contributed by atoms with Crippen LogP contribution in [0.3, 0.4) is 0 Å². The minimum Gasteiger partial charge on any atom is -0.444 e. The Morgan fingerprint density at radius 3 is 2.25 bits per heavy atom. The first-order valence-corrected chi connectivity index (χ1v) is 7.88. The Kier molecular flexibility index (Phi) is 5.13. The summed E-state index contributed by atoms with van der Waals surface area (Å²) in [5.74, 6) is -0.0778. The van der Waals surface area contributed by atoms with Gasteiger partial charge in [-0.15, -0.1) is 0 Å². The van der Waals surface area contributed by atoms with Gasteiger partial charge in [0.25, 0.3) is 0 Å². The van der Waals surface area contributed by atoms with Crippen LogP contribution in [0.2, 0.25) is 0 Å². The fourth-order valence-corrected chi connectivity index (χ4v) is 2.81. The Morgan fingerprint density at radius 1 is 1.21 bits per heavy atom. The van der Waals surface area contributed by atoms with Gasteiger partial charge in [-0.3, -0.25) is 0 Å². The van der Waals surface area contributed by atoms with Crippen molar-refractivity contribution in [3.63, 3.8) is 0 Å². The molecule has 1 aromatic carbocycles. The summed E-state index contributed by atoms with van der Waals surface area (Å²) in [5, 5.41) is 0. The molecule has 2 N–H and O–H groups in total. The third-order valence-corrected chi connectivity index (χ3v) is 3.98. The smallest absolute Gasteiger partial charge is 0.416 e. The Morgan fingerprint density at radius 2 is 1.79 bits per heavy atom. The van der Waals surface area contributed by atoms with Gasteiger partial charge in [-0.1, -0.05) is 12.1 Å². The van der Waals surface area contributed by atoms with Crippen LogP contribution >= 0.6 is 0 Å². The van der Waals surface area contributed by atoms with Crippen LogP contribution in [0.15, 0.2) is 24.3 Å². The van der Waals surface area contributed by atoms with Crippen molar-refractivity contribution in [2.45, 2.75) is 50.9 Å². The molecule has 7 heteroatoms. The van der Waals surface area contributed by atoms with Gasteiger partial charge in [0.15, 0.2) is 0 Å². The number of likely N-dealkylation sites (tertiary alicyclic amines) is 1. The molecule has 2 rings (SSSR count). The molecule has 0 spiro atoms. The lowest BCUT2D eigenvalue weighted by Crippen LogP contribution is -2.50. The molecule has 0 bridgehead atoms. The lowest BCUT2D eigenvalue weighted by atomic mass is 9.85. The number of carbonyl (C=O) groups excluding carboxylic acids is 1. The van der Waals surface area contributed by atoms with Crippen LogP contribution in [0.5, 0.6) is 0 Å². The van der Waals surface area contributed by atoms with E-state index in [1.165, 1.54) is 12.1 Å². The molecule has 1 saturated heterocycles. The zero-order valence-electron chi connectivity index (χ0n) is 14.1. The molecule has 0 aromatic heterocycles. The van der Waals surface area contributed by atoms with Gasteiger partial charge >= 0.3 is 12.3 Å². The Hall–Kier alpha value is -1.76. The first kappa shape index (κ1) is 18.6. The zero-order valence-corrected chi connectivity index (χ0v) is 14.1. The monoisotopic (exact) mass is 344 g/mol. The average Bonchev–Trinajstić information content (AvgIpc) is 2.44. The van der Waals surface area contributed by atoms with Crippen molar-refractivity contribution in [3.8, 4) is 0 Å². The molecular formula is C17H23F3N2O2. The maximum absolute atomic E-state index is 12.6. The van der Waals surface area contributed by atoms with Gasteiger partial charge in [0, 0.05) is 25.0 Å². The van der Waals surface area contributed by atoms with E-state index in [2.05, 4.69) is 0 Å². The Labute approximate surface area is 139 Å². The number of alkyl halides is 3. The predicted molar refractivity (Wildman–Crippen MR) is 84.6 cm³/mol. The lowest BCUT2D eigenvalue weighted by Gasteiger charge is -2.37. The molecule has 2 atom stereocenters. The number of rotatable bonds is 1. The molecule has 4 nitrogen and oxygen atoms in total. The number of halogens is 3. The second-order valence-electron chi connectivity index (χ2n) is 7.11. The van der Waals surface area contributed by atoms with Gasteiger partial charge in [0.05, 0.1) is 5.56 Å². The highest BCUT2D eigenvalue weighted by Gasteiger charge is 2.34. The predicted octanol–water partition coefficient (Wildman–Crippen LogP) is 3.76. The minimum atomic E-state index is -4.35. The molecule has 24 heavy (non-hydrogen) atoms. The molecule has 1 aliphatic heterocycles. The molecule has 134 valence electrons. The summed E-state index contributed by atoms with van der Waals surface area (Å²) in [6, 6.07) is 4.74. The lowest BCUT2D eigenvalue weighted by molar-refractivity contribution is -0.137. The normalized spacial score (nSPS) is 22.4. The summed E-state index contributed by atoms with van der Waals surface area (Å²) in [7, 11) is 0. The largest absolute Gasteiger partial charge is 0.444 e. The van der Waals surface area contributed by atoms with Crippen LogP contribution in [-0.4, -0.2) is 35.7 Å². The summed E-state index contributed by atoms with van der Waals surface area (Å²) in [5.41, 5.74) is 5.67. The van der Waals surface area contributed by atoms with Crippen LogP contribution < -0.4 is 5.73 Å². The zero-order chi connectivity index (χ0) is 18.1. The van der Waals surface area contributed by atoms with Crippen molar-refractivity contribution in [1.29, 1.82) is 0 Å². The van der Waals surface area contributed by atoms with E-state index in [0.717, 1.165) is 17.7 Å². The van der Waals surface area contributed by atoms with Crippen LogP contribution in [-0.2, 0) is 10.9 Å². The number of piperidine rings is 1. The van der Waals surface area contributed by atoms with Crippen molar-refractivity contribution >= 4 is 6.09 Å². The first-order chi connectivity index (χ1) is 11.0. The van der Waals surface area contributed by atoms with Gasteiger partial charge in [0.2, 0.25) is 0 Å². The van der Waals surface area contributed by atoms with E-state index >= 15 is 0 Å². The molecule has 0 saturated carbocycles. The third kappa shape index (κ3) is 4.63. The quantitative estimate of drug-likeness (QED) is 0.844. The minimum absolute atomic E-state index is 0.0778. The number of benzene rings is 1. The number of nitrogens with two attached hydrogens (primary N) is 1. The highest BCUT2D eigenvalue weighted by Crippen LogP contribution is 2.32. The number of nitrogens with zero attached hydrogens (tertiary/aromatic N) is 1. The molecule has 1 aliphatic rings. The fourth-order valence-electron chi connectivity index (χ4n) is 2.81. The second kappa shape index (κ2) is 6.63.